The third-order valence-electron chi connectivity index (χ3n) is 5.41. The predicted molar refractivity (Wildman–Crippen MR) is 122 cm³/mol. The summed E-state index contributed by atoms with van der Waals surface area (Å²) >= 11 is 1.40. The summed E-state index contributed by atoms with van der Waals surface area (Å²) in [5.41, 5.74) is 1.54. The summed E-state index contributed by atoms with van der Waals surface area (Å²) in [4.78, 5) is 17.2. The van der Waals surface area contributed by atoms with Crippen molar-refractivity contribution in [3.8, 4) is 6.07 Å². The number of carbonyl (C=O) groups excluding carboxylic acids is 1. The number of rotatable bonds is 8. The van der Waals surface area contributed by atoms with Gasteiger partial charge in [-0.25, -0.2) is 13.8 Å². The molecule has 3 nitrogen and oxygen atoms in total. The standard InChI is InChI=1S/C26H20F2N2OS/c27-26(28,21-13-10-18(17-29)11-14-21)16-20(12-15-23(31)19-6-2-1-3-7-19)25-30-22-8-4-5-9-24(22)32-25/h1-11,13-14,20H,12,15-16H2. The van der Waals surface area contributed by atoms with E-state index in [0.29, 0.717) is 16.1 Å². The van der Waals surface area contributed by atoms with Crippen LogP contribution in [0.1, 0.15) is 51.7 Å². The molecule has 4 aromatic rings. The van der Waals surface area contributed by atoms with Crippen LogP contribution in [-0.2, 0) is 5.92 Å². The van der Waals surface area contributed by atoms with Gasteiger partial charge in [0.25, 0.3) is 5.92 Å². The van der Waals surface area contributed by atoms with Gasteiger partial charge in [-0.3, -0.25) is 4.79 Å². The lowest BCUT2D eigenvalue weighted by molar-refractivity contribution is -0.0212. The second kappa shape index (κ2) is 9.37. The highest BCUT2D eigenvalue weighted by atomic mass is 32.1. The van der Waals surface area contributed by atoms with Gasteiger partial charge in [-0.05, 0) is 30.7 Å². The molecule has 3 aromatic carbocycles. The number of nitrogens with zero attached hydrogens (tertiary/aromatic N) is 2. The predicted octanol–water partition coefficient (Wildman–Crippen LogP) is 7.10. The van der Waals surface area contributed by atoms with Gasteiger partial charge in [0.15, 0.2) is 5.78 Å². The summed E-state index contributed by atoms with van der Waals surface area (Å²) in [6.07, 6.45) is -0.0196. The maximum atomic E-state index is 15.2. The number of hydrogen-bond acceptors (Lipinski definition) is 4. The number of carbonyl (C=O) groups is 1. The first-order valence-electron chi connectivity index (χ1n) is 10.3. The van der Waals surface area contributed by atoms with Crippen molar-refractivity contribution < 1.29 is 13.6 Å². The van der Waals surface area contributed by atoms with E-state index in [2.05, 4.69) is 4.98 Å². The van der Waals surface area contributed by atoms with E-state index in [1.54, 1.807) is 24.3 Å². The molecule has 0 spiro atoms. The molecule has 0 radical (unpaired) electrons. The van der Waals surface area contributed by atoms with E-state index in [1.165, 1.54) is 35.6 Å². The van der Waals surface area contributed by atoms with Crippen molar-refractivity contribution in [2.24, 2.45) is 0 Å². The highest BCUT2D eigenvalue weighted by Crippen LogP contribution is 2.42. The number of Topliss-reactive ketones (excluding diaryl/α,β-unsaturated/α-hetero) is 1. The Morgan fingerprint density at radius 1 is 1.00 bits per heavy atom. The molecule has 0 bridgehead atoms. The number of para-hydroxylation sites is 1. The van der Waals surface area contributed by atoms with Crippen LogP contribution in [0.3, 0.4) is 0 Å². The number of halogens is 2. The highest BCUT2D eigenvalue weighted by molar-refractivity contribution is 7.18. The molecule has 0 aliphatic rings. The molecule has 0 fully saturated rings. The zero-order valence-corrected chi connectivity index (χ0v) is 18.0. The Kier molecular flexibility index (Phi) is 6.38. The molecule has 0 amide bonds. The fourth-order valence-electron chi connectivity index (χ4n) is 3.67. The highest BCUT2D eigenvalue weighted by Gasteiger charge is 2.36. The molecule has 1 heterocycles. The molecule has 160 valence electrons. The molecular weight excluding hydrogens is 426 g/mol. The van der Waals surface area contributed by atoms with Crippen LogP contribution in [0, 0.1) is 11.3 Å². The molecule has 32 heavy (non-hydrogen) atoms. The Morgan fingerprint density at radius 3 is 2.38 bits per heavy atom. The van der Waals surface area contributed by atoms with Gasteiger partial charge in [0.2, 0.25) is 0 Å². The first-order chi connectivity index (χ1) is 15.5. The molecule has 1 unspecified atom stereocenters. The molecular formula is C26H20F2N2OS. The minimum Gasteiger partial charge on any atom is -0.294 e. The maximum absolute atomic E-state index is 15.2. The van der Waals surface area contributed by atoms with Gasteiger partial charge in [0.1, 0.15) is 0 Å². The molecule has 0 aliphatic carbocycles. The van der Waals surface area contributed by atoms with Crippen molar-refractivity contribution in [1.29, 1.82) is 5.26 Å². The zero-order chi connectivity index (χ0) is 22.6. The fraction of sp³-hybridized carbons (Fsp3) is 0.192. The number of ketones is 1. The fourth-order valence-corrected chi connectivity index (χ4v) is 4.77. The smallest absolute Gasteiger partial charge is 0.273 e. The first kappa shape index (κ1) is 21.8. The average Bonchev–Trinajstić information content (AvgIpc) is 3.26. The summed E-state index contributed by atoms with van der Waals surface area (Å²) in [5, 5.41) is 9.55. The Balaban J connectivity index is 1.60. The number of nitriles is 1. The molecule has 1 atom stereocenters. The van der Waals surface area contributed by atoms with Gasteiger partial charge in [0.05, 0.1) is 26.9 Å². The quantitative estimate of drug-likeness (QED) is 0.271. The van der Waals surface area contributed by atoms with E-state index in [0.717, 1.165) is 10.2 Å². The minimum atomic E-state index is -3.12. The van der Waals surface area contributed by atoms with Gasteiger partial charge in [-0.15, -0.1) is 11.3 Å². The minimum absolute atomic E-state index is 0.0709. The lowest BCUT2D eigenvalue weighted by Gasteiger charge is -2.22. The molecule has 1 aromatic heterocycles. The molecule has 6 heteroatoms. The van der Waals surface area contributed by atoms with E-state index in [-0.39, 0.29) is 24.2 Å². The van der Waals surface area contributed by atoms with Gasteiger partial charge in [-0.1, -0.05) is 54.6 Å². The number of benzene rings is 3. The van der Waals surface area contributed by atoms with Crippen molar-refractivity contribution in [1.82, 2.24) is 4.98 Å². The third-order valence-corrected chi connectivity index (χ3v) is 6.61. The normalized spacial score (nSPS) is 12.4. The molecule has 0 saturated carbocycles. The number of aromatic nitrogens is 1. The van der Waals surface area contributed by atoms with Crippen LogP contribution in [0.4, 0.5) is 8.78 Å². The topological polar surface area (TPSA) is 53.8 Å². The Hall–Kier alpha value is -3.43. The summed E-state index contributed by atoms with van der Waals surface area (Å²) in [6.45, 7) is 0. The van der Waals surface area contributed by atoms with Gasteiger partial charge in [-0.2, -0.15) is 5.26 Å². The largest absolute Gasteiger partial charge is 0.294 e. The summed E-state index contributed by atoms with van der Waals surface area (Å²) in [6, 6.07) is 23.8. The molecule has 0 saturated heterocycles. The summed E-state index contributed by atoms with van der Waals surface area (Å²) in [7, 11) is 0. The van der Waals surface area contributed by atoms with Crippen LogP contribution in [-0.4, -0.2) is 10.8 Å². The Labute approximate surface area is 189 Å². The maximum Gasteiger partial charge on any atom is 0.273 e. The van der Waals surface area contributed by atoms with Crippen molar-refractivity contribution in [2.75, 3.05) is 0 Å². The van der Waals surface area contributed by atoms with Crippen LogP contribution in [0.25, 0.3) is 10.2 Å². The van der Waals surface area contributed by atoms with Crippen molar-refractivity contribution in [3.05, 3.63) is 101 Å². The van der Waals surface area contributed by atoms with Gasteiger partial charge >= 0.3 is 0 Å². The number of thiazole rings is 1. The van der Waals surface area contributed by atoms with Crippen LogP contribution in [0.15, 0.2) is 78.9 Å². The second-order valence-corrected chi connectivity index (χ2v) is 8.70. The molecule has 0 aliphatic heterocycles. The van der Waals surface area contributed by atoms with E-state index in [4.69, 9.17) is 5.26 Å². The number of alkyl halides is 2. The van der Waals surface area contributed by atoms with Gasteiger partial charge < -0.3 is 0 Å². The van der Waals surface area contributed by atoms with E-state index >= 15 is 8.78 Å². The Morgan fingerprint density at radius 2 is 1.69 bits per heavy atom. The lowest BCUT2D eigenvalue weighted by Crippen LogP contribution is -2.19. The van der Waals surface area contributed by atoms with E-state index in [1.807, 2.05) is 36.4 Å². The van der Waals surface area contributed by atoms with Gasteiger partial charge in [0, 0.05) is 29.9 Å². The zero-order valence-electron chi connectivity index (χ0n) is 17.2. The first-order valence-corrected chi connectivity index (χ1v) is 11.1. The van der Waals surface area contributed by atoms with Crippen molar-refractivity contribution in [3.63, 3.8) is 0 Å². The van der Waals surface area contributed by atoms with Crippen LogP contribution >= 0.6 is 11.3 Å². The molecule has 4 rings (SSSR count). The van der Waals surface area contributed by atoms with E-state index < -0.39 is 18.3 Å². The second-order valence-electron chi connectivity index (χ2n) is 7.64. The third kappa shape index (κ3) is 4.90. The lowest BCUT2D eigenvalue weighted by atomic mass is 9.91. The summed E-state index contributed by atoms with van der Waals surface area (Å²) < 4.78 is 31.4. The summed E-state index contributed by atoms with van der Waals surface area (Å²) in [5.74, 6) is -3.77. The SMILES string of the molecule is N#Cc1ccc(C(F)(F)CC(CCC(=O)c2ccccc2)c2nc3ccccc3s2)cc1. The molecule has 0 N–H and O–H groups in total. The number of fused-ring (bicyclic) bond motifs is 1. The van der Waals surface area contributed by atoms with Crippen LogP contribution in [0.2, 0.25) is 0 Å². The van der Waals surface area contributed by atoms with Crippen LogP contribution < -0.4 is 0 Å². The number of hydrogen-bond donors (Lipinski definition) is 0. The average molecular weight is 447 g/mol. The van der Waals surface area contributed by atoms with E-state index in [9.17, 15) is 4.79 Å². The Bertz CT molecular complexity index is 1230. The van der Waals surface area contributed by atoms with Crippen molar-refractivity contribution >= 4 is 27.3 Å². The monoisotopic (exact) mass is 446 g/mol. The van der Waals surface area contributed by atoms with Crippen molar-refractivity contribution in [2.45, 2.75) is 31.1 Å². The van der Waals surface area contributed by atoms with Crippen LogP contribution in [0.5, 0.6) is 0 Å².